The Hall–Kier alpha value is -2.14. The number of hydrogen-bond acceptors (Lipinski definition) is 5. The Bertz CT molecular complexity index is 812. The molecule has 1 N–H and O–H groups in total. The Morgan fingerprint density at radius 2 is 2.24 bits per heavy atom. The molecule has 0 fully saturated rings. The lowest BCUT2D eigenvalue weighted by molar-refractivity contribution is 0.469. The zero-order chi connectivity index (χ0) is 14.2. The summed E-state index contributed by atoms with van der Waals surface area (Å²) in [7, 11) is 0. The maximum absolute atomic E-state index is 6.10. The topological polar surface area (TPSA) is 47.0 Å². The second kappa shape index (κ2) is 5.00. The number of aromatic nitrogens is 2. The molecule has 0 aliphatic carbocycles. The van der Waals surface area contributed by atoms with E-state index in [1.165, 1.54) is 12.0 Å². The molecule has 3 heterocycles. The number of hydrogen-bond donors (Lipinski definition) is 1. The van der Waals surface area contributed by atoms with Crippen molar-refractivity contribution in [3.63, 3.8) is 0 Å². The number of nitrogens with zero attached hydrogens (tertiary/aromatic N) is 2. The second-order valence-electron chi connectivity index (χ2n) is 5.20. The fraction of sp³-hybridized carbons (Fsp3) is 0.250. The third-order valence-electron chi connectivity index (χ3n) is 3.74. The standard InChI is InChI=1S/C16H15N3OS/c1-10-8-21-15-13(10)18-9-19-16(15)20-12-6-2-4-11-5-3-7-17-14(11)12/h2,4,6,8-9,17H,3,5,7H2,1H3. The van der Waals surface area contributed by atoms with Gasteiger partial charge >= 0.3 is 0 Å². The summed E-state index contributed by atoms with van der Waals surface area (Å²) in [4.78, 5) is 8.65. The molecule has 1 aliphatic rings. The number of benzene rings is 1. The Balaban J connectivity index is 1.78. The highest BCUT2D eigenvalue weighted by atomic mass is 32.1. The molecule has 0 saturated heterocycles. The summed E-state index contributed by atoms with van der Waals surface area (Å²) >= 11 is 1.63. The molecule has 106 valence electrons. The van der Waals surface area contributed by atoms with E-state index in [1.807, 2.05) is 12.1 Å². The normalized spacial score (nSPS) is 13.8. The first kappa shape index (κ1) is 12.6. The number of anilines is 1. The smallest absolute Gasteiger partial charge is 0.240 e. The Labute approximate surface area is 126 Å². The lowest BCUT2D eigenvalue weighted by atomic mass is 10.0. The van der Waals surface area contributed by atoms with Crippen molar-refractivity contribution in [3.05, 3.63) is 41.0 Å². The quantitative estimate of drug-likeness (QED) is 0.772. The summed E-state index contributed by atoms with van der Waals surface area (Å²) in [5.74, 6) is 1.48. The predicted molar refractivity (Wildman–Crippen MR) is 85.5 cm³/mol. The maximum Gasteiger partial charge on any atom is 0.240 e. The van der Waals surface area contributed by atoms with Gasteiger partial charge in [-0.3, -0.25) is 0 Å². The van der Waals surface area contributed by atoms with Gasteiger partial charge in [0.05, 0.1) is 11.2 Å². The predicted octanol–water partition coefficient (Wildman–Crippen LogP) is 4.15. The molecule has 0 spiro atoms. The van der Waals surface area contributed by atoms with Crippen molar-refractivity contribution in [2.45, 2.75) is 19.8 Å². The molecule has 4 nitrogen and oxygen atoms in total. The molecule has 1 aliphatic heterocycles. The van der Waals surface area contributed by atoms with E-state index in [0.29, 0.717) is 5.88 Å². The van der Waals surface area contributed by atoms with Crippen LogP contribution >= 0.6 is 11.3 Å². The Morgan fingerprint density at radius 3 is 3.19 bits per heavy atom. The van der Waals surface area contributed by atoms with Gasteiger partial charge in [-0.25, -0.2) is 9.97 Å². The van der Waals surface area contributed by atoms with Crippen LogP contribution in [0.2, 0.25) is 0 Å². The van der Waals surface area contributed by atoms with Crippen LogP contribution in [0.1, 0.15) is 17.5 Å². The van der Waals surface area contributed by atoms with E-state index in [1.54, 1.807) is 17.7 Å². The number of para-hydroxylation sites is 1. The molecule has 2 aromatic heterocycles. The van der Waals surface area contributed by atoms with Crippen LogP contribution < -0.4 is 10.1 Å². The molecular weight excluding hydrogens is 282 g/mol. The van der Waals surface area contributed by atoms with Crippen molar-refractivity contribution in [1.82, 2.24) is 9.97 Å². The van der Waals surface area contributed by atoms with Crippen LogP contribution in [-0.4, -0.2) is 16.5 Å². The zero-order valence-electron chi connectivity index (χ0n) is 11.7. The first-order valence-corrected chi connectivity index (χ1v) is 7.93. The molecule has 0 atom stereocenters. The number of aryl methyl sites for hydroxylation is 2. The van der Waals surface area contributed by atoms with Gasteiger partial charge < -0.3 is 10.1 Å². The second-order valence-corrected chi connectivity index (χ2v) is 6.08. The number of ether oxygens (including phenoxy) is 1. The van der Waals surface area contributed by atoms with E-state index >= 15 is 0 Å². The zero-order valence-corrected chi connectivity index (χ0v) is 12.5. The number of nitrogens with one attached hydrogen (secondary N) is 1. The lowest BCUT2D eigenvalue weighted by Gasteiger charge is -2.20. The average molecular weight is 297 g/mol. The van der Waals surface area contributed by atoms with Crippen LogP contribution in [0.3, 0.4) is 0 Å². The molecule has 1 aromatic carbocycles. The van der Waals surface area contributed by atoms with Crippen molar-refractivity contribution in [1.29, 1.82) is 0 Å². The molecule has 0 amide bonds. The van der Waals surface area contributed by atoms with Crippen LogP contribution in [-0.2, 0) is 6.42 Å². The Morgan fingerprint density at radius 1 is 1.29 bits per heavy atom. The van der Waals surface area contributed by atoms with Crippen molar-refractivity contribution in [2.75, 3.05) is 11.9 Å². The monoisotopic (exact) mass is 297 g/mol. The first-order valence-electron chi connectivity index (χ1n) is 7.05. The fourth-order valence-electron chi connectivity index (χ4n) is 2.69. The van der Waals surface area contributed by atoms with Gasteiger partial charge in [0.25, 0.3) is 0 Å². The third kappa shape index (κ3) is 2.14. The minimum Gasteiger partial charge on any atom is -0.435 e. The number of thiophene rings is 1. The van der Waals surface area contributed by atoms with Gasteiger partial charge in [-0.05, 0) is 42.3 Å². The lowest BCUT2D eigenvalue weighted by Crippen LogP contribution is -2.12. The molecular formula is C16H15N3OS. The van der Waals surface area contributed by atoms with Gasteiger partial charge in [0.1, 0.15) is 11.0 Å². The third-order valence-corrected chi connectivity index (χ3v) is 4.82. The first-order chi connectivity index (χ1) is 10.3. The van der Waals surface area contributed by atoms with Crippen molar-refractivity contribution >= 4 is 27.2 Å². The molecule has 0 unspecified atom stereocenters. The molecule has 21 heavy (non-hydrogen) atoms. The van der Waals surface area contributed by atoms with Gasteiger partial charge in [-0.2, -0.15) is 0 Å². The molecule has 5 heteroatoms. The van der Waals surface area contributed by atoms with Gasteiger partial charge in [-0.15, -0.1) is 11.3 Å². The fourth-order valence-corrected chi connectivity index (χ4v) is 3.61. The van der Waals surface area contributed by atoms with E-state index in [0.717, 1.165) is 40.2 Å². The molecule has 0 saturated carbocycles. The van der Waals surface area contributed by atoms with Gasteiger partial charge in [0.15, 0.2) is 5.75 Å². The number of rotatable bonds is 2. The van der Waals surface area contributed by atoms with E-state index in [-0.39, 0.29) is 0 Å². The summed E-state index contributed by atoms with van der Waals surface area (Å²) in [6.45, 7) is 3.05. The van der Waals surface area contributed by atoms with Crippen molar-refractivity contribution < 1.29 is 4.74 Å². The summed E-state index contributed by atoms with van der Waals surface area (Å²) in [5.41, 5.74) is 4.55. The maximum atomic E-state index is 6.10. The molecule has 0 radical (unpaired) electrons. The van der Waals surface area contributed by atoms with Crippen LogP contribution in [0.4, 0.5) is 5.69 Å². The minimum absolute atomic E-state index is 0.638. The largest absolute Gasteiger partial charge is 0.435 e. The minimum atomic E-state index is 0.638. The highest BCUT2D eigenvalue weighted by Gasteiger charge is 2.16. The number of fused-ring (bicyclic) bond motifs is 2. The highest BCUT2D eigenvalue weighted by molar-refractivity contribution is 7.17. The SMILES string of the molecule is Cc1csc2c(Oc3cccc4c3NCCC4)ncnc12. The van der Waals surface area contributed by atoms with Gasteiger partial charge in [-0.1, -0.05) is 12.1 Å². The van der Waals surface area contributed by atoms with E-state index in [9.17, 15) is 0 Å². The van der Waals surface area contributed by atoms with Gasteiger partial charge in [0.2, 0.25) is 5.88 Å². The Kier molecular flexibility index (Phi) is 3.00. The van der Waals surface area contributed by atoms with Gasteiger partial charge in [0, 0.05) is 6.54 Å². The summed E-state index contributed by atoms with van der Waals surface area (Å²) < 4.78 is 7.10. The van der Waals surface area contributed by atoms with Crippen LogP contribution in [0.15, 0.2) is 29.9 Å². The van der Waals surface area contributed by atoms with Crippen LogP contribution in [0.25, 0.3) is 10.2 Å². The molecule has 3 aromatic rings. The summed E-state index contributed by atoms with van der Waals surface area (Å²) in [6.07, 6.45) is 3.83. The van der Waals surface area contributed by atoms with Crippen LogP contribution in [0, 0.1) is 6.92 Å². The highest BCUT2D eigenvalue weighted by Crippen LogP contribution is 2.38. The van der Waals surface area contributed by atoms with E-state index in [2.05, 4.69) is 33.7 Å². The van der Waals surface area contributed by atoms with Crippen LogP contribution in [0.5, 0.6) is 11.6 Å². The molecule has 4 rings (SSSR count). The molecule has 0 bridgehead atoms. The van der Waals surface area contributed by atoms with E-state index in [4.69, 9.17) is 4.74 Å². The van der Waals surface area contributed by atoms with E-state index < -0.39 is 0 Å². The average Bonchev–Trinajstić information content (AvgIpc) is 2.90. The van der Waals surface area contributed by atoms with Crippen molar-refractivity contribution in [2.24, 2.45) is 0 Å². The summed E-state index contributed by atoms with van der Waals surface area (Å²) in [6, 6.07) is 6.18. The van der Waals surface area contributed by atoms with Crippen molar-refractivity contribution in [3.8, 4) is 11.6 Å². The summed E-state index contributed by atoms with van der Waals surface area (Å²) in [5, 5.41) is 5.53.